The summed E-state index contributed by atoms with van der Waals surface area (Å²) in [4.78, 5) is 33.3. The Labute approximate surface area is 203 Å². The molecule has 1 N–H and O–H groups in total. The summed E-state index contributed by atoms with van der Waals surface area (Å²) in [5.74, 6) is 0.185. The van der Waals surface area contributed by atoms with Crippen molar-refractivity contribution in [2.75, 3.05) is 52.5 Å². The number of ether oxygens (including phenoxy) is 1. The molecule has 188 valence electrons. The lowest BCUT2D eigenvalue weighted by Crippen LogP contribution is -2.39. The fraction of sp³-hybridized carbons (Fsp3) is 0.682. The molecule has 0 aliphatic carbocycles. The molecule has 0 saturated carbocycles. The van der Waals surface area contributed by atoms with Crippen molar-refractivity contribution < 1.29 is 17.9 Å². The predicted octanol–water partition coefficient (Wildman–Crippen LogP) is 1.03. The minimum absolute atomic E-state index is 0.0415. The average molecular weight is 512 g/mol. The van der Waals surface area contributed by atoms with Crippen LogP contribution in [0.1, 0.15) is 31.1 Å². The number of amides is 1. The van der Waals surface area contributed by atoms with E-state index in [0.717, 1.165) is 52.1 Å². The fourth-order valence-electron chi connectivity index (χ4n) is 4.46. The quantitative estimate of drug-likeness (QED) is 0.527. The molecule has 2 aliphatic rings. The van der Waals surface area contributed by atoms with Crippen molar-refractivity contribution >= 4 is 37.5 Å². The van der Waals surface area contributed by atoms with E-state index in [0.29, 0.717) is 35.3 Å². The van der Waals surface area contributed by atoms with E-state index < -0.39 is 15.6 Å². The number of piperidine rings is 1. The predicted molar refractivity (Wildman–Crippen MR) is 131 cm³/mol. The summed E-state index contributed by atoms with van der Waals surface area (Å²) in [6.07, 6.45) is 3.73. The normalized spacial score (nSPS) is 19.0. The van der Waals surface area contributed by atoms with Crippen LogP contribution in [0, 0.1) is 12.8 Å². The molecule has 2 aromatic rings. The molecule has 2 aliphatic heterocycles. The van der Waals surface area contributed by atoms with Crippen molar-refractivity contribution in [3.63, 3.8) is 0 Å². The maximum absolute atomic E-state index is 13.4. The molecule has 12 heteroatoms. The average Bonchev–Trinajstić information content (AvgIpc) is 3.17. The monoisotopic (exact) mass is 511 g/mol. The number of aryl methyl sites for hydroxylation is 1. The molecular formula is C22H33N5O5S2. The lowest BCUT2D eigenvalue weighted by molar-refractivity contribution is -0.121. The first-order valence-electron chi connectivity index (χ1n) is 11.8. The van der Waals surface area contributed by atoms with Gasteiger partial charge < -0.3 is 10.1 Å². The molecule has 4 heterocycles. The molecule has 0 radical (unpaired) electrons. The van der Waals surface area contributed by atoms with Gasteiger partial charge in [0.1, 0.15) is 16.3 Å². The summed E-state index contributed by atoms with van der Waals surface area (Å²) < 4.78 is 34.9. The zero-order valence-corrected chi connectivity index (χ0v) is 21.4. The second kappa shape index (κ2) is 10.8. The minimum atomic E-state index is -3.82. The number of fused-ring (bicyclic) bond motifs is 1. The molecule has 0 spiro atoms. The molecular weight excluding hydrogens is 478 g/mol. The number of carbonyl (C=O) groups is 1. The molecule has 4 rings (SSSR count). The van der Waals surface area contributed by atoms with Gasteiger partial charge in [-0.1, -0.05) is 6.92 Å². The molecule has 2 aromatic heterocycles. The van der Waals surface area contributed by atoms with Gasteiger partial charge in [0, 0.05) is 37.6 Å². The zero-order valence-electron chi connectivity index (χ0n) is 19.8. The maximum Gasteiger partial charge on any atom is 0.263 e. The summed E-state index contributed by atoms with van der Waals surface area (Å²) in [6, 6.07) is 0. The summed E-state index contributed by atoms with van der Waals surface area (Å²) in [5.41, 5.74) is -0.498. The molecule has 34 heavy (non-hydrogen) atoms. The SMILES string of the molecule is Cc1sc2ncn(CC(=O)NCCCN3CCOCC3)c(=O)c2c1S(=O)(=O)N1CCC(C)CC1. The van der Waals surface area contributed by atoms with Crippen molar-refractivity contribution in [1.82, 2.24) is 24.1 Å². The van der Waals surface area contributed by atoms with E-state index in [2.05, 4.69) is 22.1 Å². The lowest BCUT2D eigenvalue weighted by Gasteiger charge is -2.29. The number of thiophene rings is 1. The Bertz CT molecular complexity index is 1180. The van der Waals surface area contributed by atoms with Gasteiger partial charge in [0.05, 0.1) is 24.9 Å². The topological polar surface area (TPSA) is 114 Å². The van der Waals surface area contributed by atoms with Gasteiger partial charge in [-0.2, -0.15) is 4.31 Å². The molecule has 0 atom stereocenters. The number of rotatable bonds is 8. The van der Waals surface area contributed by atoms with E-state index in [4.69, 9.17) is 4.74 Å². The third-order valence-corrected chi connectivity index (χ3v) is 9.74. The summed E-state index contributed by atoms with van der Waals surface area (Å²) in [7, 11) is -3.82. The van der Waals surface area contributed by atoms with Crippen LogP contribution in [0.2, 0.25) is 0 Å². The Balaban J connectivity index is 1.46. The van der Waals surface area contributed by atoms with E-state index in [1.807, 2.05) is 0 Å². The first kappa shape index (κ1) is 25.2. The highest BCUT2D eigenvalue weighted by molar-refractivity contribution is 7.89. The van der Waals surface area contributed by atoms with Gasteiger partial charge in [0.2, 0.25) is 15.9 Å². The standard InChI is InChI=1S/C22H33N5O5S2/c1-16-4-8-27(9-5-16)34(30,31)20-17(2)33-21-19(20)22(29)26(15-24-21)14-18(28)23-6-3-7-25-10-12-32-13-11-25/h15-16H,3-14H2,1-2H3,(H,23,28). The number of sulfonamides is 1. The van der Waals surface area contributed by atoms with E-state index in [-0.39, 0.29) is 22.7 Å². The molecule has 1 amide bonds. The Kier molecular flexibility index (Phi) is 8.03. The summed E-state index contributed by atoms with van der Waals surface area (Å²) in [5, 5.41) is 2.93. The van der Waals surface area contributed by atoms with Crippen molar-refractivity contribution in [3.05, 3.63) is 21.6 Å². The lowest BCUT2D eigenvalue weighted by atomic mass is 10.0. The molecule has 2 saturated heterocycles. The Morgan fingerprint density at radius 1 is 1.24 bits per heavy atom. The van der Waals surface area contributed by atoms with E-state index in [1.54, 1.807) is 6.92 Å². The number of nitrogens with one attached hydrogen (secondary N) is 1. The Morgan fingerprint density at radius 3 is 2.65 bits per heavy atom. The third kappa shape index (κ3) is 5.51. The van der Waals surface area contributed by atoms with Gasteiger partial charge in [-0.25, -0.2) is 13.4 Å². The fourth-order valence-corrected chi connectivity index (χ4v) is 7.59. The molecule has 10 nitrogen and oxygen atoms in total. The number of morpholine rings is 1. The highest BCUT2D eigenvalue weighted by atomic mass is 32.2. The second-order valence-electron chi connectivity index (χ2n) is 9.09. The molecule has 0 aromatic carbocycles. The highest BCUT2D eigenvalue weighted by Crippen LogP contribution is 2.34. The summed E-state index contributed by atoms with van der Waals surface area (Å²) in [6.45, 7) is 9.17. The number of aromatic nitrogens is 2. The van der Waals surface area contributed by atoms with Crippen molar-refractivity contribution in [2.45, 2.75) is 44.6 Å². The molecule has 0 unspecified atom stereocenters. The maximum atomic E-state index is 13.4. The van der Waals surface area contributed by atoms with Crippen molar-refractivity contribution in [2.24, 2.45) is 5.92 Å². The smallest absolute Gasteiger partial charge is 0.263 e. The molecule has 0 bridgehead atoms. The first-order valence-corrected chi connectivity index (χ1v) is 14.1. The minimum Gasteiger partial charge on any atom is -0.379 e. The van der Waals surface area contributed by atoms with E-state index in [9.17, 15) is 18.0 Å². The first-order chi connectivity index (χ1) is 16.3. The van der Waals surface area contributed by atoms with Crippen LogP contribution >= 0.6 is 11.3 Å². The zero-order chi connectivity index (χ0) is 24.3. The Morgan fingerprint density at radius 2 is 1.94 bits per heavy atom. The number of hydrogen-bond donors (Lipinski definition) is 1. The van der Waals surface area contributed by atoms with Crippen LogP contribution in [0.5, 0.6) is 0 Å². The van der Waals surface area contributed by atoms with E-state index in [1.165, 1.54) is 26.5 Å². The van der Waals surface area contributed by atoms with Gasteiger partial charge in [0.25, 0.3) is 5.56 Å². The summed E-state index contributed by atoms with van der Waals surface area (Å²) >= 11 is 1.20. The van der Waals surface area contributed by atoms with Crippen LogP contribution < -0.4 is 10.9 Å². The van der Waals surface area contributed by atoms with Gasteiger partial charge in [-0.3, -0.25) is 19.1 Å². The Hall–Kier alpha value is -1.86. The van der Waals surface area contributed by atoms with Gasteiger partial charge >= 0.3 is 0 Å². The second-order valence-corrected chi connectivity index (χ2v) is 12.2. The van der Waals surface area contributed by atoms with Crippen molar-refractivity contribution in [1.29, 1.82) is 0 Å². The van der Waals surface area contributed by atoms with Crippen LogP contribution in [0.25, 0.3) is 10.2 Å². The number of carbonyl (C=O) groups excluding carboxylic acids is 1. The van der Waals surface area contributed by atoms with E-state index >= 15 is 0 Å². The number of hydrogen-bond acceptors (Lipinski definition) is 8. The van der Waals surface area contributed by atoms with Crippen molar-refractivity contribution in [3.8, 4) is 0 Å². The van der Waals surface area contributed by atoms with Crippen LogP contribution in [0.4, 0.5) is 0 Å². The van der Waals surface area contributed by atoms with Crippen LogP contribution in [0.15, 0.2) is 16.0 Å². The van der Waals surface area contributed by atoms with Gasteiger partial charge in [-0.05, 0) is 38.6 Å². The van der Waals surface area contributed by atoms with Crippen LogP contribution in [-0.4, -0.2) is 85.6 Å². The van der Waals surface area contributed by atoms with Crippen LogP contribution in [0.3, 0.4) is 0 Å². The van der Waals surface area contributed by atoms with Gasteiger partial charge in [-0.15, -0.1) is 11.3 Å². The largest absolute Gasteiger partial charge is 0.379 e. The number of nitrogens with zero attached hydrogens (tertiary/aromatic N) is 4. The molecule has 2 fully saturated rings. The van der Waals surface area contributed by atoms with Crippen LogP contribution in [-0.2, 0) is 26.1 Å². The third-order valence-electron chi connectivity index (χ3n) is 6.53. The highest BCUT2D eigenvalue weighted by Gasteiger charge is 2.33. The van der Waals surface area contributed by atoms with Gasteiger partial charge in [0.15, 0.2) is 0 Å².